The van der Waals surface area contributed by atoms with Crippen molar-refractivity contribution in [2.45, 2.75) is 57.3 Å². The summed E-state index contributed by atoms with van der Waals surface area (Å²) in [7, 11) is -2.21. The quantitative estimate of drug-likeness (QED) is 0.572. The smallest absolute Gasteiger partial charge is 0.243 e. The van der Waals surface area contributed by atoms with E-state index < -0.39 is 10.0 Å². The molecule has 1 aliphatic heterocycles. The van der Waals surface area contributed by atoms with Gasteiger partial charge in [0.25, 0.3) is 0 Å². The van der Waals surface area contributed by atoms with Gasteiger partial charge in [0.15, 0.2) is 5.78 Å². The molecule has 8 heteroatoms. The van der Waals surface area contributed by atoms with Crippen molar-refractivity contribution in [1.29, 1.82) is 0 Å². The molecule has 0 aliphatic carbocycles. The van der Waals surface area contributed by atoms with E-state index in [1.54, 1.807) is 6.07 Å². The molecule has 7 nitrogen and oxygen atoms in total. The summed E-state index contributed by atoms with van der Waals surface area (Å²) in [5.41, 5.74) is 2.75. The number of hydrogen-bond donors (Lipinski definition) is 1. The largest absolute Gasteiger partial charge is 0.495 e. The van der Waals surface area contributed by atoms with Crippen molar-refractivity contribution in [3.63, 3.8) is 0 Å². The van der Waals surface area contributed by atoms with Crippen LogP contribution in [0, 0.1) is 13.8 Å². The summed E-state index contributed by atoms with van der Waals surface area (Å²) < 4.78 is 33.1. The first-order valence-corrected chi connectivity index (χ1v) is 12.7. The zero-order valence-corrected chi connectivity index (χ0v) is 20.3. The number of amides is 1. The first kappa shape index (κ1) is 24.9. The highest BCUT2D eigenvalue weighted by Crippen LogP contribution is 2.30. The molecule has 1 heterocycles. The van der Waals surface area contributed by atoms with Crippen LogP contribution in [-0.2, 0) is 14.8 Å². The van der Waals surface area contributed by atoms with Crippen molar-refractivity contribution in [1.82, 2.24) is 4.31 Å². The van der Waals surface area contributed by atoms with Gasteiger partial charge >= 0.3 is 0 Å². The fourth-order valence-electron chi connectivity index (χ4n) is 3.99. The average Bonchev–Trinajstić information content (AvgIpc) is 3.09. The Morgan fingerprint density at radius 2 is 1.67 bits per heavy atom. The molecule has 0 radical (unpaired) electrons. The van der Waals surface area contributed by atoms with Crippen LogP contribution in [0.15, 0.2) is 41.3 Å². The number of benzene rings is 2. The predicted molar refractivity (Wildman–Crippen MR) is 128 cm³/mol. The topological polar surface area (TPSA) is 92.8 Å². The van der Waals surface area contributed by atoms with E-state index in [0.29, 0.717) is 24.4 Å². The zero-order valence-electron chi connectivity index (χ0n) is 19.5. The molecule has 1 saturated heterocycles. The van der Waals surface area contributed by atoms with Crippen LogP contribution in [0.25, 0.3) is 0 Å². The van der Waals surface area contributed by atoms with Gasteiger partial charge in [0.2, 0.25) is 15.9 Å². The highest BCUT2D eigenvalue weighted by Gasteiger charge is 2.26. The molecule has 1 aliphatic rings. The van der Waals surface area contributed by atoms with Crippen LogP contribution >= 0.6 is 0 Å². The summed E-state index contributed by atoms with van der Waals surface area (Å²) >= 11 is 0. The molecule has 3 rings (SSSR count). The van der Waals surface area contributed by atoms with Gasteiger partial charge in [-0.25, -0.2) is 8.42 Å². The Morgan fingerprint density at radius 3 is 2.33 bits per heavy atom. The normalized spacial score (nSPS) is 15.0. The van der Waals surface area contributed by atoms with Gasteiger partial charge in [-0.3, -0.25) is 9.59 Å². The SMILES string of the molecule is COc1ccc(S(=O)(=O)N2CCCCCC2)cc1NC(=O)CCC(=O)c1cc(C)ccc1C. The Balaban J connectivity index is 1.72. The van der Waals surface area contributed by atoms with Gasteiger partial charge in [-0.1, -0.05) is 30.5 Å². The van der Waals surface area contributed by atoms with E-state index in [4.69, 9.17) is 4.74 Å². The highest BCUT2D eigenvalue weighted by molar-refractivity contribution is 7.89. The third-order valence-electron chi connectivity index (χ3n) is 5.92. The number of rotatable bonds is 8. The summed E-state index contributed by atoms with van der Waals surface area (Å²) in [6, 6.07) is 10.1. The molecule has 33 heavy (non-hydrogen) atoms. The number of nitrogens with zero attached hydrogens (tertiary/aromatic N) is 1. The number of carbonyl (C=O) groups is 2. The van der Waals surface area contributed by atoms with Crippen LogP contribution in [0.4, 0.5) is 5.69 Å². The number of Topliss-reactive ketones (excluding diaryl/α,β-unsaturated/α-hetero) is 1. The minimum atomic E-state index is -3.67. The van der Waals surface area contributed by atoms with E-state index in [0.717, 1.165) is 36.8 Å². The number of ketones is 1. The Kier molecular flexibility index (Phi) is 8.26. The van der Waals surface area contributed by atoms with Crippen LogP contribution in [0.1, 0.15) is 60.0 Å². The van der Waals surface area contributed by atoms with E-state index in [1.165, 1.54) is 23.5 Å². The zero-order chi connectivity index (χ0) is 24.0. The molecule has 1 N–H and O–H groups in total. The molecule has 0 aromatic heterocycles. The number of hydrogen-bond acceptors (Lipinski definition) is 5. The van der Waals surface area contributed by atoms with E-state index >= 15 is 0 Å². The molecule has 0 saturated carbocycles. The van der Waals surface area contributed by atoms with E-state index in [-0.39, 0.29) is 35.1 Å². The van der Waals surface area contributed by atoms with Crippen LogP contribution < -0.4 is 10.1 Å². The Hall–Kier alpha value is -2.71. The van der Waals surface area contributed by atoms with Crippen LogP contribution in [0.3, 0.4) is 0 Å². The molecule has 0 atom stereocenters. The fourth-order valence-corrected chi connectivity index (χ4v) is 5.53. The van der Waals surface area contributed by atoms with Crippen molar-refractivity contribution in [3.05, 3.63) is 53.1 Å². The number of anilines is 1. The number of methoxy groups -OCH3 is 1. The molecule has 0 spiro atoms. The third-order valence-corrected chi connectivity index (χ3v) is 7.82. The standard InChI is InChI=1S/C25H32N2O5S/c1-18-8-9-19(2)21(16-18)23(28)11-13-25(29)26-22-17-20(10-12-24(22)32-3)33(30,31)27-14-6-4-5-7-15-27/h8-10,12,16-17H,4-7,11,13-15H2,1-3H3,(H,26,29). The van der Waals surface area contributed by atoms with Crippen molar-refractivity contribution in [2.24, 2.45) is 0 Å². The lowest BCUT2D eigenvalue weighted by Crippen LogP contribution is -2.32. The van der Waals surface area contributed by atoms with Crippen LogP contribution in [0.2, 0.25) is 0 Å². The minimum Gasteiger partial charge on any atom is -0.495 e. The Bertz CT molecular complexity index is 1120. The third kappa shape index (κ3) is 6.21. The molecular formula is C25H32N2O5S. The lowest BCUT2D eigenvalue weighted by Gasteiger charge is -2.21. The van der Waals surface area contributed by atoms with Gasteiger partial charge in [0.05, 0.1) is 17.7 Å². The van der Waals surface area contributed by atoms with E-state index in [2.05, 4.69) is 5.32 Å². The maximum absolute atomic E-state index is 13.1. The van der Waals surface area contributed by atoms with E-state index in [1.807, 2.05) is 32.0 Å². The number of sulfonamides is 1. The van der Waals surface area contributed by atoms with Gasteiger partial charge in [0.1, 0.15) is 5.75 Å². The molecule has 2 aromatic rings. The summed E-state index contributed by atoms with van der Waals surface area (Å²) in [5.74, 6) is -0.119. The second kappa shape index (κ2) is 10.9. The first-order chi connectivity index (χ1) is 15.7. The number of carbonyl (C=O) groups excluding carboxylic acids is 2. The molecule has 2 aromatic carbocycles. The highest BCUT2D eigenvalue weighted by atomic mass is 32.2. The molecule has 1 fully saturated rings. The lowest BCUT2D eigenvalue weighted by molar-refractivity contribution is -0.116. The summed E-state index contributed by atoms with van der Waals surface area (Å²) in [5, 5.41) is 2.72. The maximum Gasteiger partial charge on any atom is 0.243 e. The Labute approximate surface area is 196 Å². The number of nitrogens with one attached hydrogen (secondary N) is 1. The summed E-state index contributed by atoms with van der Waals surface area (Å²) in [4.78, 5) is 25.3. The predicted octanol–water partition coefficient (Wildman–Crippen LogP) is 4.48. The lowest BCUT2D eigenvalue weighted by atomic mass is 9.99. The molecular weight excluding hydrogens is 440 g/mol. The molecule has 0 bridgehead atoms. The number of ether oxygens (including phenoxy) is 1. The van der Waals surface area contributed by atoms with Crippen LogP contribution in [-0.4, -0.2) is 44.6 Å². The second-order valence-corrected chi connectivity index (χ2v) is 10.4. The van der Waals surface area contributed by atoms with Gasteiger partial charge in [-0.05, 0) is 56.5 Å². The average molecular weight is 473 g/mol. The summed E-state index contributed by atoms with van der Waals surface area (Å²) in [6.45, 7) is 4.78. The van der Waals surface area contributed by atoms with Crippen molar-refractivity contribution >= 4 is 27.4 Å². The van der Waals surface area contributed by atoms with Gasteiger partial charge in [-0.2, -0.15) is 4.31 Å². The molecule has 178 valence electrons. The van der Waals surface area contributed by atoms with Crippen LogP contribution in [0.5, 0.6) is 5.75 Å². The van der Waals surface area contributed by atoms with Gasteiger partial charge in [-0.15, -0.1) is 0 Å². The second-order valence-electron chi connectivity index (χ2n) is 8.47. The minimum absolute atomic E-state index is 0.0154. The molecule has 0 unspecified atom stereocenters. The van der Waals surface area contributed by atoms with Gasteiger partial charge in [0, 0.05) is 31.5 Å². The number of aryl methyl sites for hydroxylation is 2. The molecule has 1 amide bonds. The van der Waals surface area contributed by atoms with Crippen molar-refractivity contribution in [2.75, 3.05) is 25.5 Å². The fraction of sp³-hybridized carbons (Fsp3) is 0.440. The van der Waals surface area contributed by atoms with Crippen molar-refractivity contribution in [3.8, 4) is 5.75 Å². The maximum atomic E-state index is 13.1. The van der Waals surface area contributed by atoms with E-state index in [9.17, 15) is 18.0 Å². The first-order valence-electron chi connectivity index (χ1n) is 11.3. The van der Waals surface area contributed by atoms with Crippen molar-refractivity contribution < 1.29 is 22.7 Å². The van der Waals surface area contributed by atoms with Gasteiger partial charge < -0.3 is 10.1 Å². The monoisotopic (exact) mass is 472 g/mol. The Morgan fingerprint density at radius 1 is 0.970 bits per heavy atom. The summed E-state index contributed by atoms with van der Waals surface area (Å²) in [6.07, 6.45) is 3.77.